The maximum Gasteiger partial charge on any atom is 0.341 e. The first-order chi connectivity index (χ1) is 12.1. The Labute approximate surface area is 150 Å². The zero-order chi connectivity index (χ0) is 17.8. The molecule has 0 radical (unpaired) electrons. The van der Waals surface area contributed by atoms with Crippen LogP contribution in [0.25, 0.3) is 11.4 Å². The number of carbonyl (C=O) groups is 1. The Morgan fingerprint density at radius 3 is 2.92 bits per heavy atom. The van der Waals surface area contributed by atoms with Crippen molar-refractivity contribution in [1.29, 1.82) is 0 Å². The van der Waals surface area contributed by atoms with E-state index in [9.17, 15) is 9.18 Å². The number of esters is 1. The predicted molar refractivity (Wildman–Crippen MR) is 89.5 cm³/mol. The fraction of sp³-hybridized carbons (Fsp3) is 0.118. The summed E-state index contributed by atoms with van der Waals surface area (Å²) in [5.74, 6) is -0.406. The smallest absolute Gasteiger partial charge is 0.341 e. The minimum Gasteiger partial charge on any atom is -0.497 e. The van der Waals surface area contributed by atoms with E-state index in [0.29, 0.717) is 21.6 Å². The first kappa shape index (κ1) is 17.1. The maximum atomic E-state index is 13.7. The molecule has 25 heavy (non-hydrogen) atoms. The highest BCUT2D eigenvalue weighted by molar-refractivity contribution is 9.10. The molecule has 0 unspecified atom stereocenters. The second-order valence-electron chi connectivity index (χ2n) is 4.94. The van der Waals surface area contributed by atoms with Crippen molar-refractivity contribution in [2.24, 2.45) is 0 Å². The number of benzene rings is 2. The summed E-state index contributed by atoms with van der Waals surface area (Å²) in [7, 11) is 1.56. The molecule has 0 N–H and O–H groups in total. The lowest BCUT2D eigenvalue weighted by Gasteiger charge is -2.03. The Morgan fingerprint density at radius 2 is 2.12 bits per heavy atom. The molecule has 1 heterocycles. The van der Waals surface area contributed by atoms with Gasteiger partial charge in [-0.05, 0) is 30.3 Å². The van der Waals surface area contributed by atoms with Gasteiger partial charge in [-0.25, -0.2) is 9.18 Å². The molecule has 128 valence electrons. The van der Waals surface area contributed by atoms with E-state index in [0.717, 1.165) is 0 Å². The third kappa shape index (κ3) is 4.03. The molecule has 0 spiro atoms. The molecule has 6 nitrogen and oxygen atoms in total. The van der Waals surface area contributed by atoms with Crippen molar-refractivity contribution in [2.45, 2.75) is 6.61 Å². The second-order valence-corrected chi connectivity index (χ2v) is 5.86. The number of methoxy groups -OCH3 is 1. The van der Waals surface area contributed by atoms with Gasteiger partial charge in [0.15, 0.2) is 6.61 Å². The van der Waals surface area contributed by atoms with Crippen LogP contribution in [0.1, 0.15) is 16.2 Å². The lowest BCUT2D eigenvalue weighted by Crippen LogP contribution is -2.07. The maximum absolute atomic E-state index is 13.7. The number of ether oxygens (including phenoxy) is 2. The summed E-state index contributed by atoms with van der Waals surface area (Å²) in [4.78, 5) is 16.1. The Kier molecular flexibility index (Phi) is 5.08. The van der Waals surface area contributed by atoms with Crippen LogP contribution in [0.4, 0.5) is 4.39 Å². The van der Waals surface area contributed by atoms with E-state index in [1.807, 2.05) is 0 Å². The first-order valence-corrected chi connectivity index (χ1v) is 7.95. The van der Waals surface area contributed by atoms with Crippen LogP contribution < -0.4 is 4.74 Å². The monoisotopic (exact) mass is 406 g/mol. The third-order valence-electron chi connectivity index (χ3n) is 3.27. The average Bonchev–Trinajstić information content (AvgIpc) is 3.11. The van der Waals surface area contributed by atoms with Gasteiger partial charge in [-0.3, -0.25) is 0 Å². The van der Waals surface area contributed by atoms with E-state index in [4.69, 9.17) is 14.0 Å². The van der Waals surface area contributed by atoms with Gasteiger partial charge in [-0.2, -0.15) is 4.98 Å². The van der Waals surface area contributed by atoms with Gasteiger partial charge in [0.2, 0.25) is 5.82 Å². The van der Waals surface area contributed by atoms with Gasteiger partial charge in [0.25, 0.3) is 5.89 Å². The quantitative estimate of drug-likeness (QED) is 0.596. The van der Waals surface area contributed by atoms with E-state index < -0.39 is 11.8 Å². The number of halogens is 2. The largest absolute Gasteiger partial charge is 0.497 e. The van der Waals surface area contributed by atoms with Crippen LogP contribution in [0, 0.1) is 5.82 Å². The molecule has 3 aromatic rings. The Bertz CT molecular complexity index is 913. The van der Waals surface area contributed by atoms with Gasteiger partial charge in [-0.1, -0.05) is 33.2 Å². The summed E-state index contributed by atoms with van der Waals surface area (Å²) in [6.07, 6.45) is 0. The number of carbonyl (C=O) groups excluding carboxylic acids is 1. The van der Waals surface area contributed by atoms with Gasteiger partial charge >= 0.3 is 5.97 Å². The number of nitrogens with zero attached hydrogens (tertiary/aromatic N) is 2. The van der Waals surface area contributed by atoms with Crippen LogP contribution in [0.5, 0.6) is 5.75 Å². The topological polar surface area (TPSA) is 74.5 Å². The van der Waals surface area contributed by atoms with Gasteiger partial charge < -0.3 is 14.0 Å². The second kappa shape index (κ2) is 7.43. The number of hydrogen-bond acceptors (Lipinski definition) is 6. The van der Waals surface area contributed by atoms with Crippen LogP contribution in [0.3, 0.4) is 0 Å². The molecular weight excluding hydrogens is 395 g/mol. The fourth-order valence-corrected chi connectivity index (χ4v) is 2.41. The highest BCUT2D eigenvalue weighted by atomic mass is 79.9. The number of hydrogen-bond donors (Lipinski definition) is 0. The summed E-state index contributed by atoms with van der Waals surface area (Å²) >= 11 is 3.18. The molecule has 0 aliphatic heterocycles. The van der Waals surface area contributed by atoms with Gasteiger partial charge in [0.1, 0.15) is 11.6 Å². The van der Waals surface area contributed by atoms with E-state index in [-0.39, 0.29) is 18.1 Å². The van der Waals surface area contributed by atoms with Crippen LogP contribution in [-0.2, 0) is 11.3 Å². The van der Waals surface area contributed by atoms with Crippen molar-refractivity contribution < 1.29 is 23.2 Å². The third-order valence-corrected chi connectivity index (χ3v) is 3.76. The predicted octanol–water partition coefficient (Wildman–Crippen LogP) is 4.00. The Balaban J connectivity index is 1.69. The van der Waals surface area contributed by atoms with Crippen molar-refractivity contribution in [3.8, 4) is 17.1 Å². The molecule has 1 aromatic heterocycles. The van der Waals surface area contributed by atoms with E-state index >= 15 is 0 Å². The minimum absolute atomic E-state index is 0.0987. The lowest BCUT2D eigenvalue weighted by atomic mass is 10.2. The summed E-state index contributed by atoms with van der Waals surface area (Å²) in [6, 6.07) is 11.1. The zero-order valence-electron chi connectivity index (χ0n) is 13.0. The molecule has 0 fully saturated rings. The average molecular weight is 407 g/mol. The fourth-order valence-electron chi connectivity index (χ4n) is 2.05. The van der Waals surface area contributed by atoms with Crippen molar-refractivity contribution >= 4 is 21.9 Å². The summed E-state index contributed by atoms with van der Waals surface area (Å²) in [6.45, 7) is -0.262. The molecule has 2 aromatic carbocycles. The summed E-state index contributed by atoms with van der Waals surface area (Å²) < 4.78 is 29.4. The van der Waals surface area contributed by atoms with E-state index in [2.05, 4.69) is 26.1 Å². The molecular formula is C17H12BrFN2O4. The number of rotatable bonds is 5. The SMILES string of the molecule is COc1cccc(-c2noc(COC(=O)c3cc(Br)ccc3F)n2)c1. The molecule has 8 heteroatoms. The molecule has 0 aliphatic rings. The standard InChI is InChI=1S/C17H12BrFN2O4/c1-23-12-4-2-3-10(7-12)16-20-15(25-21-16)9-24-17(22)13-8-11(18)5-6-14(13)19/h2-8H,9H2,1H3. The normalized spacial score (nSPS) is 10.5. The molecule has 0 bridgehead atoms. The van der Waals surface area contributed by atoms with Crippen molar-refractivity contribution in [3.05, 3.63) is 64.2 Å². The molecule has 0 amide bonds. The Hall–Kier alpha value is -2.74. The first-order valence-electron chi connectivity index (χ1n) is 7.16. The summed E-state index contributed by atoms with van der Waals surface area (Å²) in [5, 5.41) is 3.83. The molecule has 0 saturated heterocycles. The molecule has 0 atom stereocenters. The van der Waals surface area contributed by atoms with Crippen molar-refractivity contribution in [1.82, 2.24) is 10.1 Å². The van der Waals surface area contributed by atoms with E-state index in [1.54, 1.807) is 31.4 Å². The van der Waals surface area contributed by atoms with Crippen LogP contribution in [-0.4, -0.2) is 23.2 Å². The zero-order valence-corrected chi connectivity index (χ0v) is 14.6. The lowest BCUT2D eigenvalue weighted by molar-refractivity contribution is 0.0424. The van der Waals surface area contributed by atoms with Gasteiger partial charge in [-0.15, -0.1) is 0 Å². The van der Waals surface area contributed by atoms with Gasteiger partial charge in [0.05, 0.1) is 12.7 Å². The van der Waals surface area contributed by atoms with Crippen molar-refractivity contribution in [2.75, 3.05) is 7.11 Å². The van der Waals surface area contributed by atoms with E-state index in [1.165, 1.54) is 18.2 Å². The highest BCUT2D eigenvalue weighted by Gasteiger charge is 2.16. The highest BCUT2D eigenvalue weighted by Crippen LogP contribution is 2.22. The van der Waals surface area contributed by atoms with Crippen LogP contribution in [0.2, 0.25) is 0 Å². The van der Waals surface area contributed by atoms with Crippen molar-refractivity contribution in [3.63, 3.8) is 0 Å². The van der Waals surface area contributed by atoms with Gasteiger partial charge in [0, 0.05) is 10.0 Å². The summed E-state index contributed by atoms with van der Waals surface area (Å²) in [5.41, 5.74) is 0.514. The molecule has 3 rings (SSSR count). The minimum atomic E-state index is -0.820. The Morgan fingerprint density at radius 1 is 1.28 bits per heavy atom. The van der Waals surface area contributed by atoms with Crippen LogP contribution in [0.15, 0.2) is 51.5 Å². The number of aromatic nitrogens is 2. The molecule has 0 aliphatic carbocycles. The molecule has 0 saturated carbocycles. The van der Waals surface area contributed by atoms with Crippen LogP contribution >= 0.6 is 15.9 Å².